The number of anilines is 1. The van der Waals surface area contributed by atoms with Gasteiger partial charge in [0.2, 0.25) is 11.8 Å². The summed E-state index contributed by atoms with van der Waals surface area (Å²) < 4.78 is 0. The smallest absolute Gasteiger partial charge is 0.234 e. The molecular formula is C20H18Cl2N2O2. The average Bonchev–Trinajstić information content (AvgIpc) is 2.93. The molecule has 2 aromatic rings. The Morgan fingerprint density at radius 2 is 1.69 bits per heavy atom. The molecule has 1 fully saturated rings. The third-order valence-corrected chi connectivity index (χ3v) is 5.65. The summed E-state index contributed by atoms with van der Waals surface area (Å²) in [6.07, 6.45) is 0.540. The third-order valence-electron chi connectivity index (χ3n) is 5.10. The van der Waals surface area contributed by atoms with Gasteiger partial charge in [-0.2, -0.15) is 0 Å². The van der Waals surface area contributed by atoms with E-state index in [0.717, 1.165) is 29.8 Å². The van der Waals surface area contributed by atoms with Crippen LogP contribution in [-0.2, 0) is 16.1 Å². The van der Waals surface area contributed by atoms with Crippen molar-refractivity contribution in [3.05, 3.63) is 63.1 Å². The van der Waals surface area contributed by atoms with E-state index in [1.807, 2.05) is 37.4 Å². The van der Waals surface area contributed by atoms with Crippen LogP contribution in [0.2, 0.25) is 10.0 Å². The van der Waals surface area contributed by atoms with E-state index in [0.29, 0.717) is 15.7 Å². The zero-order valence-electron chi connectivity index (χ0n) is 14.3. The number of rotatable bonds is 2. The first-order chi connectivity index (χ1) is 12.5. The van der Waals surface area contributed by atoms with Gasteiger partial charge in [0, 0.05) is 41.9 Å². The molecule has 0 aliphatic carbocycles. The molecule has 4 nitrogen and oxygen atoms in total. The maximum atomic E-state index is 12.3. The second-order valence-corrected chi connectivity index (χ2v) is 7.73. The van der Waals surface area contributed by atoms with Crippen molar-refractivity contribution in [1.82, 2.24) is 4.90 Å². The summed E-state index contributed by atoms with van der Waals surface area (Å²) >= 11 is 12.7. The summed E-state index contributed by atoms with van der Waals surface area (Å²) in [5.41, 5.74) is 3.72. The summed E-state index contributed by atoms with van der Waals surface area (Å²) in [7, 11) is 2.04. The van der Waals surface area contributed by atoms with Crippen LogP contribution in [0.15, 0.2) is 36.4 Å². The predicted octanol–water partition coefficient (Wildman–Crippen LogP) is 4.22. The fourth-order valence-electron chi connectivity index (χ4n) is 3.94. The van der Waals surface area contributed by atoms with E-state index in [1.54, 1.807) is 6.07 Å². The molecular weight excluding hydrogens is 371 g/mol. The highest BCUT2D eigenvalue weighted by molar-refractivity contribution is 6.35. The Balaban J connectivity index is 1.88. The predicted molar refractivity (Wildman–Crippen MR) is 103 cm³/mol. The monoisotopic (exact) mass is 388 g/mol. The molecule has 26 heavy (non-hydrogen) atoms. The highest BCUT2D eigenvalue weighted by Gasteiger charge is 2.35. The topological polar surface area (TPSA) is 40.6 Å². The number of nitrogens with zero attached hydrogens (tertiary/aromatic N) is 2. The quantitative estimate of drug-likeness (QED) is 0.722. The summed E-state index contributed by atoms with van der Waals surface area (Å²) in [5, 5.41) is 1.24. The van der Waals surface area contributed by atoms with E-state index in [2.05, 4.69) is 4.90 Å². The van der Waals surface area contributed by atoms with Crippen LogP contribution in [0.3, 0.4) is 0 Å². The van der Waals surface area contributed by atoms with Crippen LogP contribution in [0.5, 0.6) is 0 Å². The fourth-order valence-corrected chi connectivity index (χ4v) is 4.51. The molecule has 0 bridgehead atoms. The molecule has 0 N–H and O–H groups in total. The Hall–Kier alpha value is -1.88. The highest BCUT2D eigenvalue weighted by atomic mass is 35.5. The number of carbonyl (C=O) groups is 2. The Kier molecular flexibility index (Phi) is 4.51. The first-order valence-corrected chi connectivity index (χ1v) is 9.32. The number of halogens is 2. The fraction of sp³-hybridized carbons (Fsp3) is 0.300. The van der Waals surface area contributed by atoms with E-state index in [-0.39, 0.29) is 30.6 Å². The Morgan fingerprint density at radius 3 is 2.42 bits per heavy atom. The van der Waals surface area contributed by atoms with Crippen molar-refractivity contribution < 1.29 is 9.59 Å². The second kappa shape index (κ2) is 6.69. The molecule has 1 atom stereocenters. The van der Waals surface area contributed by atoms with E-state index in [1.165, 1.54) is 4.90 Å². The standard InChI is InChI=1S/C20H18Cl2N2O2/c1-23-10-15(14-8-12(21)9-17(22)16(14)11-23)13-4-2-3-5-18(13)24-19(25)6-7-20(24)26/h2-5,8-9,15H,6-7,10-11H2,1H3/t15-/m0/s1. The van der Waals surface area contributed by atoms with E-state index in [4.69, 9.17) is 23.2 Å². The minimum absolute atomic E-state index is 0.0163. The number of para-hydroxylation sites is 1. The lowest BCUT2D eigenvalue weighted by molar-refractivity contribution is -0.121. The zero-order valence-corrected chi connectivity index (χ0v) is 15.8. The lowest BCUT2D eigenvalue weighted by Gasteiger charge is -2.35. The van der Waals surface area contributed by atoms with Gasteiger partial charge < -0.3 is 4.90 Å². The molecule has 2 aliphatic rings. The first kappa shape index (κ1) is 17.5. The van der Waals surface area contributed by atoms with Gasteiger partial charge in [-0.1, -0.05) is 41.4 Å². The second-order valence-electron chi connectivity index (χ2n) is 6.89. The van der Waals surface area contributed by atoms with Crippen LogP contribution < -0.4 is 4.90 Å². The SMILES string of the molecule is CN1Cc2c(Cl)cc(Cl)cc2[C@H](c2ccccc2N2C(=O)CCC2=O)C1. The number of benzene rings is 2. The molecule has 0 radical (unpaired) electrons. The van der Waals surface area contributed by atoms with Gasteiger partial charge in [-0.3, -0.25) is 14.5 Å². The normalized spacial score (nSPS) is 20.6. The zero-order chi connectivity index (χ0) is 18.4. The summed E-state index contributed by atoms with van der Waals surface area (Å²) in [4.78, 5) is 28.1. The van der Waals surface area contributed by atoms with Crippen molar-refractivity contribution in [3.63, 3.8) is 0 Å². The van der Waals surface area contributed by atoms with Gasteiger partial charge in [0.05, 0.1) is 5.69 Å². The van der Waals surface area contributed by atoms with Crippen LogP contribution in [-0.4, -0.2) is 30.3 Å². The van der Waals surface area contributed by atoms with Crippen molar-refractivity contribution in [1.29, 1.82) is 0 Å². The molecule has 2 aliphatic heterocycles. The van der Waals surface area contributed by atoms with Crippen molar-refractivity contribution in [2.45, 2.75) is 25.3 Å². The number of imide groups is 1. The van der Waals surface area contributed by atoms with Gasteiger partial charge in [-0.25, -0.2) is 0 Å². The maximum absolute atomic E-state index is 12.3. The van der Waals surface area contributed by atoms with Crippen LogP contribution >= 0.6 is 23.2 Å². The molecule has 0 spiro atoms. The van der Waals surface area contributed by atoms with Gasteiger partial charge in [0.15, 0.2) is 0 Å². The van der Waals surface area contributed by atoms with Crippen molar-refractivity contribution >= 4 is 40.7 Å². The van der Waals surface area contributed by atoms with Gasteiger partial charge in [0.25, 0.3) is 0 Å². The summed E-state index contributed by atoms with van der Waals surface area (Å²) in [6.45, 7) is 1.50. The average molecular weight is 389 g/mol. The van der Waals surface area contributed by atoms with Gasteiger partial charge in [-0.15, -0.1) is 0 Å². The number of likely N-dealkylation sites (N-methyl/N-ethyl adjacent to an activating group) is 1. The minimum Gasteiger partial charge on any atom is -0.301 e. The number of hydrogen-bond donors (Lipinski definition) is 0. The minimum atomic E-state index is -0.143. The Morgan fingerprint density at radius 1 is 1.00 bits per heavy atom. The number of amides is 2. The maximum Gasteiger partial charge on any atom is 0.234 e. The van der Waals surface area contributed by atoms with Crippen molar-refractivity contribution in [2.75, 3.05) is 18.5 Å². The molecule has 2 aromatic carbocycles. The van der Waals surface area contributed by atoms with Crippen LogP contribution in [0.4, 0.5) is 5.69 Å². The lowest BCUT2D eigenvalue weighted by Crippen LogP contribution is -2.34. The van der Waals surface area contributed by atoms with Gasteiger partial charge in [0.1, 0.15) is 0 Å². The third kappa shape index (κ3) is 2.92. The Labute approximate surface area is 162 Å². The molecule has 2 amide bonds. The lowest BCUT2D eigenvalue weighted by atomic mass is 9.83. The number of carbonyl (C=O) groups excluding carboxylic acids is 2. The summed E-state index contributed by atoms with van der Waals surface area (Å²) in [5.74, 6) is -0.302. The molecule has 0 saturated carbocycles. The number of fused-ring (bicyclic) bond motifs is 1. The molecule has 0 unspecified atom stereocenters. The van der Waals surface area contributed by atoms with E-state index < -0.39 is 0 Å². The molecule has 4 rings (SSSR count). The van der Waals surface area contributed by atoms with Crippen LogP contribution in [0, 0.1) is 0 Å². The van der Waals surface area contributed by atoms with Gasteiger partial charge >= 0.3 is 0 Å². The summed E-state index contributed by atoms with van der Waals surface area (Å²) in [6, 6.07) is 11.3. The largest absolute Gasteiger partial charge is 0.301 e. The Bertz CT molecular complexity index is 897. The molecule has 134 valence electrons. The molecule has 0 aromatic heterocycles. The molecule has 6 heteroatoms. The first-order valence-electron chi connectivity index (χ1n) is 8.57. The van der Waals surface area contributed by atoms with Crippen molar-refractivity contribution in [2.24, 2.45) is 0 Å². The van der Waals surface area contributed by atoms with Crippen LogP contribution in [0.25, 0.3) is 0 Å². The van der Waals surface area contributed by atoms with Gasteiger partial charge in [-0.05, 0) is 41.9 Å². The van der Waals surface area contributed by atoms with Crippen LogP contribution in [0.1, 0.15) is 35.4 Å². The number of hydrogen-bond acceptors (Lipinski definition) is 3. The van der Waals surface area contributed by atoms with Crippen molar-refractivity contribution in [3.8, 4) is 0 Å². The highest BCUT2D eigenvalue weighted by Crippen LogP contribution is 2.42. The molecule has 2 heterocycles. The van der Waals surface area contributed by atoms with E-state index >= 15 is 0 Å². The van der Waals surface area contributed by atoms with E-state index in [9.17, 15) is 9.59 Å². The molecule has 1 saturated heterocycles.